The zero-order valence-corrected chi connectivity index (χ0v) is 12.5. The topological polar surface area (TPSA) is 82.7 Å². The molecule has 0 unspecified atom stereocenters. The Balaban J connectivity index is 2.08. The largest absolute Gasteiger partial charge is 0.505 e. The van der Waals surface area contributed by atoms with Crippen LogP contribution in [0.5, 0.6) is 5.75 Å². The summed E-state index contributed by atoms with van der Waals surface area (Å²) in [7, 11) is 0. The minimum Gasteiger partial charge on any atom is -0.505 e. The number of carboxylic acid groups (broad SMARTS) is 1. The molecule has 2 rings (SSSR count). The number of halogens is 1. The normalized spacial score (nSPS) is 11.7. The van der Waals surface area contributed by atoms with Crippen LogP contribution in [0, 0.1) is 0 Å². The maximum Gasteiger partial charge on any atom is 0.335 e. The maximum absolute atomic E-state index is 10.8. The third-order valence-corrected chi connectivity index (χ3v) is 3.29. The Morgan fingerprint density at radius 2 is 2.00 bits per heavy atom. The van der Waals surface area contributed by atoms with Crippen LogP contribution in [0.25, 0.3) is 0 Å². The van der Waals surface area contributed by atoms with Crippen molar-refractivity contribution in [3.8, 4) is 5.75 Å². The number of hydrogen-bond donors (Lipinski definition) is 2. The SMILES string of the molecule is CC(c1ncccc1O)=[N+](Cl)OCc1ccc(C(=O)O)cc1. The van der Waals surface area contributed by atoms with Gasteiger partial charge in [-0.25, -0.2) is 9.78 Å². The van der Waals surface area contributed by atoms with E-state index in [0.717, 1.165) is 9.82 Å². The van der Waals surface area contributed by atoms with E-state index in [1.165, 1.54) is 24.4 Å². The molecular weight excluding hydrogens is 308 g/mol. The highest BCUT2D eigenvalue weighted by Crippen LogP contribution is 2.14. The number of benzene rings is 1. The summed E-state index contributed by atoms with van der Waals surface area (Å²) in [5.74, 6) is -0.985. The van der Waals surface area contributed by atoms with Crippen LogP contribution in [-0.4, -0.2) is 31.1 Å². The summed E-state index contributed by atoms with van der Waals surface area (Å²) < 4.78 is 0.993. The molecule has 114 valence electrons. The van der Waals surface area contributed by atoms with Crippen LogP contribution < -0.4 is 0 Å². The molecule has 0 aliphatic rings. The molecule has 0 fully saturated rings. The first kappa shape index (κ1) is 15.8. The Morgan fingerprint density at radius 3 is 2.59 bits per heavy atom. The Bertz CT molecular complexity index is 714. The van der Waals surface area contributed by atoms with Gasteiger partial charge >= 0.3 is 17.7 Å². The molecule has 1 aromatic heterocycles. The fourth-order valence-electron chi connectivity index (χ4n) is 1.73. The quantitative estimate of drug-likeness (QED) is 0.502. The zero-order chi connectivity index (χ0) is 16.1. The van der Waals surface area contributed by atoms with Gasteiger partial charge in [-0.2, -0.15) is 0 Å². The first-order valence-electron chi connectivity index (χ1n) is 6.38. The average molecular weight is 322 g/mol. The third-order valence-electron chi connectivity index (χ3n) is 2.94. The smallest absolute Gasteiger partial charge is 0.335 e. The van der Waals surface area contributed by atoms with Crippen molar-refractivity contribution < 1.29 is 24.1 Å². The number of aromatic nitrogens is 1. The van der Waals surface area contributed by atoms with Gasteiger partial charge in [-0.3, -0.25) is 4.84 Å². The molecule has 0 bridgehead atoms. The van der Waals surface area contributed by atoms with Gasteiger partial charge in [0.25, 0.3) is 5.71 Å². The number of carbonyl (C=O) groups is 1. The minimum absolute atomic E-state index is 0.0000566. The van der Waals surface area contributed by atoms with Crippen LogP contribution in [0.1, 0.15) is 28.5 Å². The first-order valence-corrected chi connectivity index (χ1v) is 6.72. The standard InChI is InChI=1S/C15H13ClN2O4/c1-10(14-13(19)3-2-8-17-14)18(16)22-9-11-4-6-12(7-5-11)15(20)21/h2-8H,9H2,1H3,(H,20,21)/p+1. The minimum atomic E-state index is -0.985. The maximum atomic E-state index is 10.8. The molecule has 0 spiro atoms. The molecule has 2 aromatic rings. The second-order valence-corrected chi connectivity index (χ2v) is 4.78. The van der Waals surface area contributed by atoms with Gasteiger partial charge in [-0.05, 0) is 29.8 Å². The molecule has 2 N–H and O–H groups in total. The Labute approximate surface area is 132 Å². The summed E-state index contributed by atoms with van der Waals surface area (Å²) in [4.78, 5) is 20.2. The molecule has 0 aliphatic carbocycles. The van der Waals surface area contributed by atoms with E-state index in [1.54, 1.807) is 25.1 Å². The predicted molar refractivity (Wildman–Crippen MR) is 80.0 cm³/mol. The van der Waals surface area contributed by atoms with Crippen LogP contribution in [0.2, 0.25) is 0 Å². The first-order chi connectivity index (χ1) is 10.5. The highest BCUT2D eigenvalue weighted by Gasteiger charge is 2.19. The lowest BCUT2D eigenvalue weighted by Crippen LogP contribution is -2.13. The molecule has 0 saturated carbocycles. The van der Waals surface area contributed by atoms with Crippen molar-refractivity contribution in [2.75, 3.05) is 0 Å². The molecule has 1 aromatic carbocycles. The van der Waals surface area contributed by atoms with Gasteiger partial charge in [0.05, 0.1) is 9.82 Å². The Hall–Kier alpha value is -2.60. The van der Waals surface area contributed by atoms with Crippen LogP contribution in [0.3, 0.4) is 0 Å². The average Bonchev–Trinajstić information content (AvgIpc) is 2.52. The summed E-state index contributed by atoms with van der Waals surface area (Å²) in [5, 5.41) is 18.5. The van der Waals surface area contributed by atoms with E-state index in [4.69, 9.17) is 21.7 Å². The van der Waals surface area contributed by atoms with Crippen molar-refractivity contribution >= 4 is 23.5 Å². The fraction of sp³-hybridized carbons (Fsp3) is 0.133. The third kappa shape index (κ3) is 3.73. The summed E-state index contributed by atoms with van der Waals surface area (Å²) >= 11 is 6.00. The number of aromatic carboxylic acids is 1. The number of hydrogen-bond acceptors (Lipinski definition) is 4. The highest BCUT2D eigenvalue weighted by molar-refractivity contribution is 6.10. The van der Waals surface area contributed by atoms with Crippen LogP contribution in [-0.2, 0) is 11.4 Å². The van der Waals surface area contributed by atoms with Crippen molar-refractivity contribution in [1.29, 1.82) is 0 Å². The molecule has 0 radical (unpaired) electrons. The van der Waals surface area contributed by atoms with Gasteiger partial charge in [-0.15, -0.1) is 0 Å². The zero-order valence-electron chi connectivity index (χ0n) is 11.7. The summed E-state index contributed by atoms with van der Waals surface area (Å²) in [6.07, 6.45) is 1.54. The van der Waals surface area contributed by atoms with Gasteiger partial charge in [0.1, 0.15) is 5.75 Å². The van der Waals surface area contributed by atoms with Gasteiger partial charge in [0.15, 0.2) is 12.3 Å². The molecule has 6 nitrogen and oxygen atoms in total. The monoisotopic (exact) mass is 321 g/mol. The second-order valence-electron chi connectivity index (χ2n) is 4.48. The van der Waals surface area contributed by atoms with Crippen LogP contribution >= 0.6 is 11.8 Å². The van der Waals surface area contributed by atoms with Gasteiger partial charge in [0, 0.05) is 13.1 Å². The van der Waals surface area contributed by atoms with Crippen molar-refractivity contribution in [3.63, 3.8) is 0 Å². The number of nitrogens with zero attached hydrogens (tertiary/aromatic N) is 2. The van der Waals surface area contributed by atoms with E-state index in [-0.39, 0.29) is 17.9 Å². The van der Waals surface area contributed by atoms with E-state index >= 15 is 0 Å². The van der Waals surface area contributed by atoms with Crippen molar-refractivity contribution in [2.45, 2.75) is 13.5 Å². The molecule has 22 heavy (non-hydrogen) atoms. The Kier molecular flexibility index (Phi) is 4.95. The molecule has 7 heteroatoms. The lowest BCUT2D eigenvalue weighted by molar-refractivity contribution is -0.688. The van der Waals surface area contributed by atoms with Gasteiger partial charge < -0.3 is 10.2 Å². The number of pyridine rings is 1. The predicted octanol–water partition coefficient (Wildman–Crippen LogP) is 2.59. The number of rotatable bonds is 5. The van der Waals surface area contributed by atoms with Crippen LogP contribution in [0.4, 0.5) is 0 Å². The summed E-state index contributed by atoms with van der Waals surface area (Å²) in [6.45, 7) is 1.80. The number of aromatic hydroxyl groups is 1. The summed E-state index contributed by atoms with van der Waals surface area (Å²) in [5.41, 5.74) is 1.71. The molecular formula is C15H14ClN2O4+. The highest BCUT2D eigenvalue weighted by atomic mass is 35.5. The van der Waals surface area contributed by atoms with E-state index in [2.05, 4.69) is 4.98 Å². The fourth-order valence-corrected chi connectivity index (χ4v) is 1.86. The lowest BCUT2D eigenvalue weighted by atomic mass is 10.1. The second kappa shape index (κ2) is 6.91. The summed E-state index contributed by atoms with van der Waals surface area (Å²) in [6, 6.07) is 9.36. The molecule has 0 amide bonds. The lowest BCUT2D eigenvalue weighted by Gasteiger charge is -2.02. The van der Waals surface area contributed by atoms with Crippen LogP contribution in [0.15, 0.2) is 42.6 Å². The van der Waals surface area contributed by atoms with Gasteiger partial charge in [0.2, 0.25) is 0 Å². The van der Waals surface area contributed by atoms with E-state index in [0.29, 0.717) is 11.4 Å². The van der Waals surface area contributed by atoms with Gasteiger partial charge in [-0.1, -0.05) is 12.1 Å². The van der Waals surface area contributed by atoms with Crippen molar-refractivity contribution in [1.82, 2.24) is 4.98 Å². The molecule has 0 aliphatic heterocycles. The molecule has 0 atom stereocenters. The van der Waals surface area contributed by atoms with E-state index in [1.807, 2.05) is 0 Å². The number of carboxylic acids is 1. The van der Waals surface area contributed by atoms with Crippen molar-refractivity contribution in [3.05, 3.63) is 59.4 Å². The molecule has 0 saturated heterocycles. The Morgan fingerprint density at radius 1 is 1.32 bits per heavy atom. The molecule has 1 heterocycles. The van der Waals surface area contributed by atoms with Crippen molar-refractivity contribution in [2.24, 2.45) is 0 Å². The van der Waals surface area contributed by atoms with E-state index in [9.17, 15) is 9.90 Å². The van der Waals surface area contributed by atoms with E-state index < -0.39 is 5.97 Å².